The predicted molar refractivity (Wildman–Crippen MR) is 98.1 cm³/mol. The van der Waals surface area contributed by atoms with Crippen LogP contribution >= 0.6 is 11.8 Å². The number of hydrogen-bond acceptors (Lipinski definition) is 4. The van der Waals surface area contributed by atoms with Crippen molar-refractivity contribution in [2.24, 2.45) is 4.99 Å². The van der Waals surface area contributed by atoms with E-state index in [0.717, 1.165) is 36.3 Å². The Morgan fingerprint density at radius 3 is 2.30 bits per heavy atom. The van der Waals surface area contributed by atoms with Crippen molar-refractivity contribution < 1.29 is 4.74 Å². The highest BCUT2D eigenvalue weighted by Crippen LogP contribution is 2.21. The lowest BCUT2D eigenvalue weighted by Gasteiger charge is -2.28. The fraction of sp³-hybridized carbons (Fsp3) is 0.316. The summed E-state index contributed by atoms with van der Waals surface area (Å²) in [5, 5.41) is 1.16. The van der Waals surface area contributed by atoms with Crippen LogP contribution in [0.2, 0.25) is 0 Å². The molecule has 0 bridgehead atoms. The monoisotopic (exact) mass is 326 g/mol. The first kappa shape index (κ1) is 15.9. The molecule has 0 saturated carbocycles. The van der Waals surface area contributed by atoms with Gasteiger partial charge in [-0.25, -0.2) is 0 Å². The predicted octanol–water partition coefficient (Wildman–Crippen LogP) is 4.19. The zero-order chi connectivity index (χ0) is 15.9. The highest BCUT2D eigenvalue weighted by molar-refractivity contribution is 8.13. The standard InChI is InChI=1S/C19H22N2OS/c1-22-18-10-8-17(9-11-18)15-21(19-20-12-5-13-23-19)14-16-6-3-2-4-7-16/h2-4,6-11H,5,12-15H2,1H3. The summed E-state index contributed by atoms with van der Waals surface area (Å²) in [7, 11) is 1.70. The Kier molecular flexibility index (Phi) is 5.59. The average Bonchev–Trinajstić information content (AvgIpc) is 2.63. The molecule has 1 aliphatic heterocycles. The zero-order valence-electron chi connectivity index (χ0n) is 13.4. The van der Waals surface area contributed by atoms with Gasteiger partial charge in [0.2, 0.25) is 0 Å². The van der Waals surface area contributed by atoms with E-state index >= 15 is 0 Å². The van der Waals surface area contributed by atoms with E-state index in [2.05, 4.69) is 47.4 Å². The molecule has 23 heavy (non-hydrogen) atoms. The summed E-state index contributed by atoms with van der Waals surface area (Å²) in [5.74, 6) is 2.06. The zero-order valence-corrected chi connectivity index (χ0v) is 14.3. The van der Waals surface area contributed by atoms with E-state index in [-0.39, 0.29) is 0 Å². The van der Waals surface area contributed by atoms with Gasteiger partial charge in [-0.15, -0.1) is 0 Å². The van der Waals surface area contributed by atoms with Gasteiger partial charge < -0.3 is 9.64 Å². The number of amidine groups is 1. The van der Waals surface area contributed by atoms with Gasteiger partial charge in [0, 0.05) is 25.4 Å². The molecule has 1 heterocycles. The smallest absolute Gasteiger partial charge is 0.159 e. The van der Waals surface area contributed by atoms with Crippen molar-refractivity contribution in [3.05, 3.63) is 65.7 Å². The van der Waals surface area contributed by atoms with Crippen LogP contribution in [-0.4, -0.2) is 29.5 Å². The topological polar surface area (TPSA) is 24.8 Å². The Morgan fingerprint density at radius 2 is 1.70 bits per heavy atom. The first-order valence-corrected chi connectivity index (χ1v) is 8.93. The van der Waals surface area contributed by atoms with Gasteiger partial charge in [-0.1, -0.05) is 54.2 Å². The highest BCUT2D eigenvalue weighted by Gasteiger charge is 2.15. The van der Waals surface area contributed by atoms with Gasteiger partial charge in [0.25, 0.3) is 0 Å². The molecule has 3 nitrogen and oxygen atoms in total. The molecule has 0 amide bonds. The van der Waals surface area contributed by atoms with E-state index in [1.54, 1.807) is 7.11 Å². The second-order valence-corrected chi connectivity index (χ2v) is 6.62. The first-order valence-electron chi connectivity index (χ1n) is 7.94. The maximum Gasteiger partial charge on any atom is 0.159 e. The van der Waals surface area contributed by atoms with Crippen molar-refractivity contribution in [2.45, 2.75) is 19.5 Å². The Morgan fingerprint density at radius 1 is 1.00 bits per heavy atom. The molecule has 2 aromatic rings. The lowest BCUT2D eigenvalue weighted by atomic mass is 10.1. The number of methoxy groups -OCH3 is 1. The molecule has 0 N–H and O–H groups in total. The lowest BCUT2D eigenvalue weighted by molar-refractivity contribution is 0.407. The fourth-order valence-electron chi connectivity index (χ4n) is 2.59. The molecule has 0 fully saturated rings. The van der Waals surface area contributed by atoms with E-state index < -0.39 is 0 Å². The summed E-state index contributed by atoms with van der Waals surface area (Å²) >= 11 is 1.87. The van der Waals surface area contributed by atoms with Crippen LogP contribution < -0.4 is 4.74 Å². The van der Waals surface area contributed by atoms with Crippen molar-refractivity contribution in [1.82, 2.24) is 4.90 Å². The third-order valence-corrected chi connectivity index (χ3v) is 4.94. The molecule has 0 aromatic heterocycles. The van der Waals surface area contributed by atoms with Crippen LogP contribution in [0.3, 0.4) is 0 Å². The van der Waals surface area contributed by atoms with Crippen LogP contribution in [0.5, 0.6) is 5.75 Å². The molecule has 0 unspecified atom stereocenters. The van der Waals surface area contributed by atoms with Crippen LogP contribution in [0.1, 0.15) is 17.5 Å². The van der Waals surface area contributed by atoms with Gasteiger partial charge in [-0.3, -0.25) is 4.99 Å². The minimum atomic E-state index is 0.866. The van der Waals surface area contributed by atoms with E-state index in [4.69, 9.17) is 9.73 Å². The molecule has 4 heteroatoms. The van der Waals surface area contributed by atoms with Gasteiger partial charge in [0.05, 0.1) is 7.11 Å². The molecule has 120 valence electrons. The van der Waals surface area contributed by atoms with Gasteiger partial charge in [-0.05, 0) is 29.7 Å². The number of nitrogens with zero attached hydrogens (tertiary/aromatic N) is 2. The Hall–Kier alpha value is -1.94. The summed E-state index contributed by atoms with van der Waals surface area (Å²) in [4.78, 5) is 7.11. The first-order chi connectivity index (χ1) is 11.3. The number of benzene rings is 2. The van der Waals surface area contributed by atoms with Gasteiger partial charge in [0.15, 0.2) is 5.17 Å². The summed E-state index contributed by atoms with van der Waals surface area (Å²) < 4.78 is 5.24. The van der Waals surface area contributed by atoms with Crippen LogP contribution in [0, 0.1) is 0 Å². The average molecular weight is 326 g/mol. The largest absolute Gasteiger partial charge is 0.497 e. The van der Waals surface area contributed by atoms with E-state index in [1.165, 1.54) is 17.5 Å². The normalized spacial score (nSPS) is 14.2. The van der Waals surface area contributed by atoms with Crippen LogP contribution in [0.15, 0.2) is 59.6 Å². The molecular formula is C19H22N2OS. The van der Waals surface area contributed by atoms with E-state index in [9.17, 15) is 0 Å². The minimum Gasteiger partial charge on any atom is -0.497 e. The van der Waals surface area contributed by atoms with Gasteiger partial charge >= 0.3 is 0 Å². The summed E-state index contributed by atoms with van der Waals surface area (Å²) in [6, 6.07) is 18.9. The maximum absolute atomic E-state index is 5.24. The molecule has 0 spiro atoms. The maximum atomic E-state index is 5.24. The minimum absolute atomic E-state index is 0.866. The van der Waals surface area contributed by atoms with Crippen LogP contribution in [-0.2, 0) is 13.1 Å². The van der Waals surface area contributed by atoms with Gasteiger partial charge in [-0.2, -0.15) is 0 Å². The Bertz CT molecular complexity index is 640. The Labute approximate surface area is 142 Å². The van der Waals surface area contributed by atoms with Crippen molar-refractivity contribution in [3.63, 3.8) is 0 Å². The molecule has 1 aliphatic rings. The molecule has 2 aromatic carbocycles. The fourth-order valence-corrected chi connectivity index (χ4v) is 3.54. The number of thioether (sulfide) groups is 1. The van der Waals surface area contributed by atoms with Crippen molar-refractivity contribution >= 4 is 16.9 Å². The Balaban J connectivity index is 1.77. The number of aliphatic imine (C=N–C) groups is 1. The molecular weight excluding hydrogens is 304 g/mol. The van der Waals surface area contributed by atoms with Crippen molar-refractivity contribution in [2.75, 3.05) is 19.4 Å². The molecule has 0 aliphatic carbocycles. The summed E-state index contributed by atoms with van der Waals surface area (Å²) in [5.41, 5.74) is 2.59. The van der Waals surface area contributed by atoms with Gasteiger partial charge in [0.1, 0.15) is 5.75 Å². The third-order valence-electron chi connectivity index (χ3n) is 3.80. The SMILES string of the molecule is COc1ccc(CN(Cc2ccccc2)C2=NCCCS2)cc1. The lowest BCUT2D eigenvalue weighted by Crippen LogP contribution is -2.30. The van der Waals surface area contributed by atoms with Crippen LogP contribution in [0.25, 0.3) is 0 Å². The third kappa shape index (κ3) is 4.52. The molecule has 3 rings (SSSR count). The number of hydrogen-bond donors (Lipinski definition) is 0. The van der Waals surface area contributed by atoms with Crippen molar-refractivity contribution in [1.29, 1.82) is 0 Å². The quantitative estimate of drug-likeness (QED) is 0.823. The van der Waals surface area contributed by atoms with Crippen molar-refractivity contribution in [3.8, 4) is 5.75 Å². The van der Waals surface area contributed by atoms with E-state index in [0.29, 0.717) is 0 Å². The second kappa shape index (κ2) is 8.06. The highest BCUT2D eigenvalue weighted by atomic mass is 32.2. The second-order valence-electron chi connectivity index (χ2n) is 5.56. The summed E-state index contributed by atoms with van der Waals surface area (Å²) in [6.07, 6.45) is 1.18. The molecule has 0 atom stereocenters. The number of ether oxygens (including phenoxy) is 1. The molecule has 0 saturated heterocycles. The van der Waals surface area contributed by atoms with E-state index in [1.807, 2.05) is 23.9 Å². The van der Waals surface area contributed by atoms with Crippen LogP contribution in [0.4, 0.5) is 0 Å². The molecule has 0 radical (unpaired) electrons. The number of rotatable bonds is 5. The summed E-state index contributed by atoms with van der Waals surface area (Å²) in [6.45, 7) is 2.69.